The minimum Gasteiger partial charge on any atom is -0.485 e. The highest BCUT2D eigenvalue weighted by atomic mass is 16.5. The number of carbonyl (C=O) groups excluding carboxylic acids is 1. The smallest absolute Gasteiger partial charge is 0.315 e. The van der Waals surface area contributed by atoms with Crippen LogP contribution in [-0.4, -0.2) is 34.3 Å². The SMILES string of the molecule is CCCCN(C(N)=O)C1c2cc(C#N)ccc2OC(C)(C)C1O. The Morgan fingerprint density at radius 2 is 2.22 bits per heavy atom. The Labute approximate surface area is 136 Å². The number of nitrogens with zero attached hydrogens (tertiary/aromatic N) is 2. The van der Waals surface area contributed by atoms with E-state index in [-0.39, 0.29) is 0 Å². The summed E-state index contributed by atoms with van der Waals surface area (Å²) in [6, 6.07) is 5.86. The van der Waals surface area contributed by atoms with Crippen LogP contribution in [0.5, 0.6) is 5.75 Å². The predicted molar refractivity (Wildman–Crippen MR) is 85.8 cm³/mol. The summed E-state index contributed by atoms with van der Waals surface area (Å²) >= 11 is 0. The number of primary amides is 1. The van der Waals surface area contributed by atoms with E-state index in [4.69, 9.17) is 15.7 Å². The standard InChI is InChI=1S/C17H23N3O3/c1-4-5-8-20(16(19)22)14-12-9-11(10-18)6-7-13(12)23-17(2,3)15(14)21/h6-7,9,14-15,21H,4-5,8H2,1-3H3,(H2,19,22). The second-order valence-electron chi connectivity index (χ2n) is 6.34. The van der Waals surface area contributed by atoms with Crippen LogP contribution >= 0.6 is 0 Å². The van der Waals surface area contributed by atoms with Crippen molar-refractivity contribution in [1.82, 2.24) is 4.90 Å². The average Bonchev–Trinajstić information content (AvgIpc) is 2.50. The first-order chi connectivity index (χ1) is 10.8. The Balaban J connectivity index is 2.54. The molecule has 0 saturated heterocycles. The molecule has 2 atom stereocenters. The van der Waals surface area contributed by atoms with Gasteiger partial charge in [0.05, 0.1) is 17.7 Å². The van der Waals surface area contributed by atoms with Crippen molar-refractivity contribution in [3.8, 4) is 11.8 Å². The van der Waals surface area contributed by atoms with Crippen LogP contribution in [0.15, 0.2) is 18.2 Å². The molecule has 1 aromatic carbocycles. The number of ether oxygens (including phenoxy) is 1. The molecule has 3 N–H and O–H groups in total. The quantitative estimate of drug-likeness (QED) is 0.890. The van der Waals surface area contributed by atoms with E-state index in [0.717, 1.165) is 12.8 Å². The molecule has 23 heavy (non-hydrogen) atoms. The zero-order chi connectivity index (χ0) is 17.2. The van der Waals surface area contributed by atoms with Gasteiger partial charge in [-0.15, -0.1) is 0 Å². The summed E-state index contributed by atoms with van der Waals surface area (Å²) in [6.45, 7) is 6.00. The number of hydrogen-bond donors (Lipinski definition) is 2. The highest BCUT2D eigenvalue weighted by molar-refractivity contribution is 5.73. The number of nitriles is 1. The van der Waals surface area contributed by atoms with Crippen molar-refractivity contribution >= 4 is 6.03 Å². The van der Waals surface area contributed by atoms with E-state index in [1.807, 2.05) is 6.92 Å². The Bertz CT molecular complexity index is 636. The highest BCUT2D eigenvalue weighted by Gasteiger charge is 2.46. The zero-order valence-electron chi connectivity index (χ0n) is 13.7. The highest BCUT2D eigenvalue weighted by Crippen LogP contribution is 2.43. The maximum Gasteiger partial charge on any atom is 0.315 e. The van der Waals surface area contributed by atoms with Crippen molar-refractivity contribution in [2.45, 2.75) is 51.4 Å². The molecule has 0 aromatic heterocycles. The molecule has 6 nitrogen and oxygen atoms in total. The molecule has 2 amide bonds. The lowest BCUT2D eigenvalue weighted by Gasteiger charge is -2.46. The van der Waals surface area contributed by atoms with Crippen molar-refractivity contribution in [3.63, 3.8) is 0 Å². The molecular weight excluding hydrogens is 294 g/mol. The van der Waals surface area contributed by atoms with Crippen LogP contribution in [0.1, 0.15) is 50.8 Å². The van der Waals surface area contributed by atoms with Gasteiger partial charge in [-0.3, -0.25) is 0 Å². The monoisotopic (exact) mass is 317 g/mol. The molecule has 6 heteroatoms. The van der Waals surface area contributed by atoms with Crippen LogP contribution in [0, 0.1) is 11.3 Å². The molecular formula is C17H23N3O3. The topological polar surface area (TPSA) is 99.6 Å². The second kappa shape index (κ2) is 6.47. The Morgan fingerprint density at radius 1 is 1.52 bits per heavy atom. The summed E-state index contributed by atoms with van der Waals surface area (Å²) in [5.41, 5.74) is 5.75. The summed E-state index contributed by atoms with van der Waals surface area (Å²) in [6.07, 6.45) is 0.728. The van der Waals surface area contributed by atoms with Crippen LogP contribution < -0.4 is 10.5 Å². The summed E-state index contributed by atoms with van der Waals surface area (Å²) < 4.78 is 5.86. The van der Waals surface area contributed by atoms with Crippen molar-refractivity contribution in [1.29, 1.82) is 5.26 Å². The first-order valence-corrected chi connectivity index (χ1v) is 7.79. The van der Waals surface area contributed by atoms with Gasteiger partial charge in [-0.1, -0.05) is 13.3 Å². The minimum absolute atomic E-state index is 0.444. The van der Waals surface area contributed by atoms with Gasteiger partial charge < -0.3 is 20.5 Å². The van der Waals surface area contributed by atoms with Crippen LogP contribution in [0.3, 0.4) is 0 Å². The van der Waals surface area contributed by atoms with E-state index >= 15 is 0 Å². The van der Waals surface area contributed by atoms with Gasteiger partial charge in [0.2, 0.25) is 0 Å². The normalized spacial score (nSPS) is 21.7. The van der Waals surface area contributed by atoms with Gasteiger partial charge in [-0.05, 0) is 38.5 Å². The Morgan fingerprint density at radius 3 is 2.78 bits per heavy atom. The van der Waals surface area contributed by atoms with Gasteiger partial charge in [0, 0.05) is 12.1 Å². The van der Waals surface area contributed by atoms with Crippen LogP contribution in [0.2, 0.25) is 0 Å². The van der Waals surface area contributed by atoms with E-state index in [1.165, 1.54) is 4.90 Å². The molecule has 2 rings (SSSR count). The van der Waals surface area contributed by atoms with Crippen molar-refractivity contribution < 1.29 is 14.6 Å². The van der Waals surface area contributed by atoms with Gasteiger partial charge in [0.1, 0.15) is 17.5 Å². The molecule has 0 bridgehead atoms. The number of benzene rings is 1. The molecule has 0 radical (unpaired) electrons. The first-order valence-electron chi connectivity index (χ1n) is 7.79. The lowest BCUT2D eigenvalue weighted by molar-refractivity contribution is -0.0845. The number of hydrogen-bond acceptors (Lipinski definition) is 4. The number of nitrogens with two attached hydrogens (primary N) is 1. The van der Waals surface area contributed by atoms with Gasteiger partial charge in [0.15, 0.2) is 0 Å². The third-order valence-corrected chi connectivity index (χ3v) is 4.21. The van der Waals surface area contributed by atoms with Crippen LogP contribution in [0.4, 0.5) is 4.79 Å². The average molecular weight is 317 g/mol. The molecule has 0 saturated carbocycles. The van der Waals surface area contributed by atoms with Crippen molar-refractivity contribution in [2.24, 2.45) is 5.73 Å². The van der Waals surface area contributed by atoms with Gasteiger partial charge in [-0.25, -0.2) is 4.79 Å². The number of amides is 2. The summed E-state index contributed by atoms with van der Waals surface area (Å²) in [4.78, 5) is 13.4. The molecule has 1 aliphatic rings. The zero-order valence-corrected chi connectivity index (χ0v) is 13.7. The van der Waals surface area contributed by atoms with E-state index in [0.29, 0.717) is 23.4 Å². The first kappa shape index (κ1) is 17.1. The van der Waals surface area contributed by atoms with E-state index in [9.17, 15) is 9.90 Å². The van der Waals surface area contributed by atoms with Gasteiger partial charge in [0.25, 0.3) is 0 Å². The van der Waals surface area contributed by atoms with E-state index < -0.39 is 23.8 Å². The molecule has 1 heterocycles. The number of rotatable bonds is 4. The lowest BCUT2D eigenvalue weighted by Crippen LogP contribution is -2.55. The predicted octanol–water partition coefficient (Wildman–Crippen LogP) is 2.31. The molecule has 0 spiro atoms. The molecule has 2 unspecified atom stereocenters. The maximum atomic E-state index is 12.0. The summed E-state index contributed by atoms with van der Waals surface area (Å²) in [5.74, 6) is 0.562. The third-order valence-electron chi connectivity index (χ3n) is 4.21. The molecule has 0 aliphatic carbocycles. The van der Waals surface area contributed by atoms with Gasteiger partial charge in [-0.2, -0.15) is 5.26 Å². The third kappa shape index (κ3) is 3.25. The van der Waals surface area contributed by atoms with Gasteiger partial charge >= 0.3 is 6.03 Å². The van der Waals surface area contributed by atoms with Crippen molar-refractivity contribution in [2.75, 3.05) is 6.54 Å². The van der Waals surface area contributed by atoms with Crippen LogP contribution in [0.25, 0.3) is 0 Å². The molecule has 1 aliphatic heterocycles. The fourth-order valence-corrected chi connectivity index (χ4v) is 2.89. The largest absolute Gasteiger partial charge is 0.485 e. The molecule has 0 fully saturated rings. The number of aliphatic hydroxyl groups excluding tert-OH is 1. The van der Waals surface area contributed by atoms with E-state index in [1.54, 1.807) is 32.0 Å². The van der Waals surface area contributed by atoms with E-state index in [2.05, 4.69) is 6.07 Å². The maximum absolute atomic E-state index is 12.0. The van der Waals surface area contributed by atoms with Crippen LogP contribution in [-0.2, 0) is 0 Å². The summed E-state index contributed by atoms with van der Waals surface area (Å²) in [5, 5.41) is 19.9. The number of unbranched alkanes of at least 4 members (excludes halogenated alkanes) is 1. The minimum atomic E-state index is -0.951. The Hall–Kier alpha value is -2.26. The second-order valence-corrected chi connectivity index (χ2v) is 6.34. The Kier molecular flexibility index (Phi) is 4.81. The number of fused-ring (bicyclic) bond motifs is 1. The number of aliphatic hydroxyl groups is 1. The fourth-order valence-electron chi connectivity index (χ4n) is 2.89. The fraction of sp³-hybridized carbons (Fsp3) is 0.529. The number of urea groups is 1. The van der Waals surface area contributed by atoms with Crippen molar-refractivity contribution in [3.05, 3.63) is 29.3 Å². The summed E-state index contributed by atoms with van der Waals surface area (Å²) in [7, 11) is 0. The lowest BCUT2D eigenvalue weighted by atomic mass is 9.85. The molecule has 1 aromatic rings. The number of carbonyl (C=O) groups is 1. The molecule has 124 valence electrons.